The van der Waals surface area contributed by atoms with E-state index in [-0.39, 0.29) is 0 Å². The fourth-order valence-corrected chi connectivity index (χ4v) is 6.13. The second-order valence-corrected chi connectivity index (χ2v) is 10.8. The molecule has 0 amide bonds. The minimum Gasteiger partial charge on any atom is -0.455 e. The van der Waals surface area contributed by atoms with Crippen LogP contribution in [-0.4, -0.2) is 14.1 Å². The van der Waals surface area contributed by atoms with Crippen LogP contribution in [0.3, 0.4) is 0 Å². The Morgan fingerprint density at radius 2 is 1.28 bits per heavy atom. The van der Waals surface area contributed by atoms with E-state index in [9.17, 15) is 0 Å². The quantitative estimate of drug-likeness (QED) is 0.239. The molecule has 4 nitrogen and oxygen atoms in total. The third-order valence-electron chi connectivity index (χ3n) is 7.77. The molecule has 5 aromatic carbocycles. The van der Waals surface area contributed by atoms with E-state index in [1.807, 2.05) is 12.1 Å². The molecule has 3 heterocycles. The first-order chi connectivity index (χ1) is 19.2. The molecule has 8 rings (SSSR count). The number of rotatable bonds is 4. The maximum Gasteiger partial charge on any atom is 0.145 e. The Morgan fingerprint density at radius 3 is 2.08 bits per heavy atom. The summed E-state index contributed by atoms with van der Waals surface area (Å²) in [6.07, 6.45) is 0.927. The van der Waals surface area contributed by atoms with E-state index in [0.717, 1.165) is 67.5 Å². The molecule has 0 atom stereocenters. The number of fused-ring (bicyclic) bond motifs is 8. The number of hydrogen-bond acceptors (Lipinski definition) is 2. The second-order valence-electron chi connectivity index (χ2n) is 10.8. The van der Waals surface area contributed by atoms with E-state index in [0.29, 0.717) is 5.92 Å². The van der Waals surface area contributed by atoms with Crippen LogP contribution in [0.2, 0.25) is 0 Å². The number of para-hydroxylation sites is 4. The second kappa shape index (κ2) is 8.34. The predicted octanol–water partition coefficient (Wildman–Crippen LogP) is 9.22. The fourth-order valence-electron chi connectivity index (χ4n) is 6.13. The van der Waals surface area contributed by atoms with E-state index >= 15 is 0 Å². The van der Waals surface area contributed by atoms with Crippen molar-refractivity contribution in [2.75, 3.05) is 0 Å². The van der Waals surface area contributed by atoms with Crippen molar-refractivity contribution < 1.29 is 4.42 Å². The van der Waals surface area contributed by atoms with Gasteiger partial charge in [-0.2, -0.15) is 0 Å². The maximum absolute atomic E-state index is 6.45. The predicted molar refractivity (Wildman–Crippen MR) is 161 cm³/mol. The molecule has 3 aromatic heterocycles. The van der Waals surface area contributed by atoms with Crippen LogP contribution in [0.25, 0.3) is 66.2 Å². The Balaban J connectivity index is 1.35. The number of benzene rings is 5. The van der Waals surface area contributed by atoms with Crippen molar-refractivity contribution in [2.45, 2.75) is 20.3 Å². The number of imidazole rings is 1. The van der Waals surface area contributed by atoms with Crippen LogP contribution in [0.4, 0.5) is 0 Å². The SMILES string of the molecule is CC(C)Cc1nc2ccccc2n1-c1ccc(-n2c3ccccc3c3c4oc5ccccc5c4ccc32)cc1. The molecule has 0 fully saturated rings. The molecule has 0 aliphatic rings. The Labute approximate surface area is 225 Å². The van der Waals surface area contributed by atoms with E-state index in [4.69, 9.17) is 9.40 Å². The van der Waals surface area contributed by atoms with Gasteiger partial charge in [-0.1, -0.05) is 62.4 Å². The number of aromatic nitrogens is 3. The molecule has 8 aromatic rings. The zero-order valence-electron chi connectivity index (χ0n) is 21.9. The zero-order valence-corrected chi connectivity index (χ0v) is 21.9. The minimum absolute atomic E-state index is 0.521. The highest BCUT2D eigenvalue weighted by Gasteiger charge is 2.19. The molecular formula is C35H27N3O. The lowest BCUT2D eigenvalue weighted by Crippen LogP contribution is -2.05. The summed E-state index contributed by atoms with van der Waals surface area (Å²) in [5.41, 5.74) is 8.61. The summed E-state index contributed by atoms with van der Waals surface area (Å²) in [4.78, 5) is 4.98. The molecule has 0 aliphatic heterocycles. The van der Waals surface area contributed by atoms with E-state index < -0.39 is 0 Å². The van der Waals surface area contributed by atoms with Gasteiger partial charge >= 0.3 is 0 Å². The third-order valence-corrected chi connectivity index (χ3v) is 7.77. The Bertz CT molecular complexity index is 2170. The van der Waals surface area contributed by atoms with Crippen LogP contribution in [-0.2, 0) is 6.42 Å². The van der Waals surface area contributed by atoms with Gasteiger partial charge in [0.15, 0.2) is 0 Å². The lowest BCUT2D eigenvalue weighted by atomic mass is 10.1. The van der Waals surface area contributed by atoms with Gasteiger partial charge in [-0.15, -0.1) is 0 Å². The van der Waals surface area contributed by atoms with Crippen molar-refractivity contribution in [2.24, 2.45) is 5.92 Å². The minimum atomic E-state index is 0.521. The molecule has 0 saturated heterocycles. The largest absolute Gasteiger partial charge is 0.455 e. The Morgan fingerprint density at radius 1 is 0.615 bits per heavy atom. The first-order valence-corrected chi connectivity index (χ1v) is 13.6. The van der Waals surface area contributed by atoms with Crippen molar-refractivity contribution in [3.63, 3.8) is 0 Å². The average Bonchev–Trinajstić information content (AvgIpc) is 3.62. The van der Waals surface area contributed by atoms with Crippen LogP contribution in [0.15, 0.2) is 114 Å². The molecule has 39 heavy (non-hydrogen) atoms. The molecule has 0 N–H and O–H groups in total. The molecule has 4 heteroatoms. The maximum atomic E-state index is 6.45. The highest BCUT2D eigenvalue weighted by Crippen LogP contribution is 2.40. The molecular weight excluding hydrogens is 478 g/mol. The van der Waals surface area contributed by atoms with Crippen molar-refractivity contribution in [3.05, 3.63) is 115 Å². The molecule has 188 valence electrons. The summed E-state index contributed by atoms with van der Waals surface area (Å²) in [6.45, 7) is 4.49. The molecule has 0 aliphatic carbocycles. The van der Waals surface area contributed by atoms with Gasteiger partial charge in [-0.05, 0) is 66.6 Å². The first kappa shape index (κ1) is 22.2. The topological polar surface area (TPSA) is 35.9 Å². The first-order valence-electron chi connectivity index (χ1n) is 13.6. The van der Waals surface area contributed by atoms with Crippen molar-refractivity contribution in [1.29, 1.82) is 0 Å². The standard InChI is InChI=1S/C35H27N3O/c1-22(2)21-33-36-28-11-5-7-13-30(28)38(33)24-17-15-23(16-18-24)37-29-12-6-3-10-27(29)34-31(37)20-19-26-25-9-4-8-14-32(25)39-35(26)34/h3-20,22H,21H2,1-2H3. The van der Waals surface area contributed by atoms with Crippen LogP contribution in [0.5, 0.6) is 0 Å². The summed E-state index contributed by atoms with van der Waals surface area (Å²) < 4.78 is 11.1. The number of hydrogen-bond donors (Lipinski definition) is 0. The van der Waals surface area contributed by atoms with Gasteiger partial charge in [-0.25, -0.2) is 4.98 Å². The average molecular weight is 506 g/mol. The van der Waals surface area contributed by atoms with Crippen molar-refractivity contribution >= 4 is 54.8 Å². The molecule has 0 saturated carbocycles. The lowest BCUT2D eigenvalue weighted by molar-refractivity contribution is 0.616. The smallest absolute Gasteiger partial charge is 0.145 e. The fraction of sp³-hybridized carbons (Fsp3) is 0.114. The van der Waals surface area contributed by atoms with Crippen molar-refractivity contribution in [1.82, 2.24) is 14.1 Å². The lowest BCUT2D eigenvalue weighted by Gasteiger charge is -2.13. The van der Waals surface area contributed by atoms with E-state index in [1.54, 1.807) is 0 Å². The highest BCUT2D eigenvalue weighted by molar-refractivity contribution is 6.23. The van der Waals surface area contributed by atoms with Gasteiger partial charge in [0.1, 0.15) is 17.0 Å². The summed E-state index contributed by atoms with van der Waals surface area (Å²) >= 11 is 0. The summed E-state index contributed by atoms with van der Waals surface area (Å²) in [5, 5.41) is 4.66. The van der Waals surface area contributed by atoms with E-state index in [2.05, 4.69) is 120 Å². The van der Waals surface area contributed by atoms with Crippen molar-refractivity contribution in [3.8, 4) is 11.4 Å². The number of nitrogens with zero attached hydrogens (tertiary/aromatic N) is 3. The highest BCUT2D eigenvalue weighted by atomic mass is 16.3. The Kier molecular flexibility index (Phi) is 4.74. The summed E-state index contributed by atoms with van der Waals surface area (Å²) in [5.74, 6) is 1.62. The van der Waals surface area contributed by atoms with Crippen LogP contribution in [0, 0.1) is 5.92 Å². The monoisotopic (exact) mass is 505 g/mol. The van der Waals surface area contributed by atoms with Crippen LogP contribution in [0.1, 0.15) is 19.7 Å². The van der Waals surface area contributed by atoms with Gasteiger partial charge < -0.3 is 8.98 Å². The molecule has 0 spiro atoms. The summed E-state index contributed by atoms with van der Waals surface area (Å²) in [7, 11) is 0. The molecule has 0 radical (unpaired) electrons. The van der Waals surface area contributed by atoms with Gasteiger partial charge in [0.05, 0.1) is 27.5 Å². The van der Waals surface area contributed by atoms with Crippen LogP contribution < -0.4 is 0 Å². The molecule has 0 unspecified atom stereocenters. The summed E-state index contributed by atoms with van der Waals surface area (Å²) in [6, 6.07) is 38.6. The van der Waals surface area contributed by atoms with Gasteiger partial charge in [0.2, 0.25) is 0 Å². The number of furan rings is 1. The van der Waals surface area contributed by atoms with Gasteiger partial charge in [0, 0.05) is 34.0 Å². The van der Waals surface area contributed by atoms with Gasteiger partial charge in [0.25, 0.3) is 0 Å². The molecule has 0 bridgehead atoms. The van der Waals surface area contributed by atoms with E-state index in [1.165, 1.54) is 10.9 Å². The Hall–Kier alpha value is -4.83. The normalized spacial score (nSPS) is 12.2. The zero-order chi connectivity index (χ0) is 26.1. The third kappa shape index (κ3) is 3.28. The van der Waals surface area contributed by atoms with Crippen LogP contribution >= 0.6 is 0 Å². The van der Waals surface area contributed by atoms with Gasteiger partial charge in [-0.3, -0.25) is 4.57 Å².